The van der Waals surface area contributed by atoms with Crippen LogP contribution in [0.2, 0.25) is 5.15 Å². The van der Waals surface area contributed by atoms with E-state index in [1.807, 2.05) is 43.3 Å². The monoisotopic (exact) mass is 725 g/mol. The molecular weight excluding hydrogens is 683 g/mol. The normalized spacial score (nSPS) is 18.4. The Kier molecular flexibility index (Phi) is 10.6. The van der Waals surface area contributed by atoms with E-state index in [2.05, 4.69) is 33.8 Å². The van der Waals surface area contributed by atoms with E-state index < -0.39 is 23.1 Å². The molecule has 3 aromatic rings. The van der Waals surface area contributed by atoms with Gasteiger partial charge in [-0.2, -0.15) is 18.3 Å². The van der Waals surface area contributed by atoms with Crippen molar-refractivity contribution in [3.05, 3.63) is 46.9 Å². The summed E-state index contributed by atoms with van der Waals surface area (Å²) in [4.78, 5) is 31.8. The Bertz CT molecular complexity index is 1670. The predicted octanol–water partition coefficient (Wildman–Crippen LogP) is 7.79. The quantitative estimate of drug-likeness (QED) is 0.149. The Morgan fingerprint density at radius 2 is 1.88 bits per heavy atom. The number of aryl methyl sites for hydroxylation is 2. The highest BCUT2D eigenvalue weighted by molar-refractivity contribution is 7.97. The zero-order valence-electron chi connectivity index (χ0n) is 28.6. The van der Waals surface area contributed by atoms with Crippen LogP contribution >= 0.6 is 23.5 Å². The van der Waals surface area contributed by atoms with Gasteiger partial charge in [0.25, 0.3) is 5.91 Å². The molecule has 0 aromatic carbocycles. The van der Waals surface area contributed by atoms with Crippen molar-refractivity contribution in [2.45, 2.75) is 109 Å². The van der Waals surface area contributed by atoms with Gasteiger partial charge in [0.2, 0.25) is 5.88 Å². The lowest BCUT2D eigenvalue weighted by Gasteiger charge is -2.33. The van der Waals surface area contributed by atoms with Gasteiger partial charge in [0.1, 0.15) is 15.8 Å². The molecule has 1 N–H and O–H groups in total. The van der Waals surface area contributed by atoms with Crippen molar-refractivity contribution in [1.29, 1.82) is 0 Å². The summed E-state index contributed by atoms with van der Waals surface area (Å²) in [5, 5.41) is 9.42. The van der Waals surface area contributed by atoms with Gasteiger partial charge in [0.15, 0.2) is 5.82 Å². The van der Waals surface area contributed by atoms with Crippen LogP contribution in [-0.4, -0.2) is 71.9 Å². The number of amides is 2. The zero-order valence-corrected chi connectivity index (χ0v) is 30.1. The molecule has 268 valence electrons. The van der Waals surface area contributed by atoms with Crippen LogP contribution in [0.15, 0.2) is 35.5 Å². The van der Waals surface area contributed by atoms with Crippen LogP contribution in [-0.2, 0) is 11.3 Å². The summed E-state index contributed by atoms with van der Waals surface area (Å²) >= 11 is 7.42. The molecule has 3 aromatic heterocycles. The smallest absolute Gasteiger partial charge is 0.410 e. The second kappa shape index (κ2) is 14.0. The SMILES string of the molecule is Cc1cc(SNC(=O)c2ccc(-n3ccc(OCCC4(C(F)(F)F)CC4)n3)nc2Cl)nn1CCCC1CN(C(=O)OC(C)(C)C)C(C)(C)C1. The molecule has 16 heteroatoms. The molecule has 49 heavy (non-hydrogen) atoms. The van der Waals surface area contributed by atoms with Crippen LogP contribution in [0.25, 0.3) is 5.82 Å². The highest BCUT2D eigenvalue weighted by Gasteiger charge is 2.62. The van der Waals surface area contributed by atoms with Crippen LogP contribution in [0.3, 0.4) is 0 Å². The van der Waals surface area contributed by atoms with E-state index in [-0.39, 0.29) is 54.1 Å². The summed E-state index contributed by atoms with van der Waals surface area (Å²) in [5.41, 5.74) is -1.33. The minimum absolute atomic E-state index is 0.0449. The number of hydrogen-bond donors (Lipinski definition) is 1. The van der Waals surface area contributed by atoms with Crippen molar-refractivity contribution in [1.82, 2.24) is 34.2 Å². The van der Waals surface area contributed by atoms with Gasteiger partial charge >= 0.3 is 12.3 Å². The van der Waals surface area contributed by atoms with Crippen LogP contribution < -0.4 is 9.46 Å². The molecule has 11 nitrogen and oxygen atoms in total. The molecule has 0 radical (unpaired) electrons. The number of likely N-dealkylation sites (tertiary alicyclic amines) is 1. The number of nitrogens with zero attached hydrogens (tertiary/aromatic N) is 6. The van der Waals surface area contributed by atoms with Crippen LogP contribution in [0, 0.1) is 18.3 Å². The van der Waals surface area contributed by atoms with Gasteiger partial charge in [0, 0.05) is 48.5 Å². The first-order chi connectivity index (χ1) is 22.9. The van der Waals surface area contributed by atoms with Crippen molar-refractivity contribution in [3.63, 3.8) is 0 Å². The predicted molar refractivity (Wildman–Crippen MR) is 179 cm³/mol. The minimum atomic E-state index is -4.23. The molecule has 1 unspecified atom stereocenters. The van der Waals surface area contributed by atoms with Gasteiger partial charge in [-0.1, -0.05) is 11.6 Å². The summed E-state index contributed by atoms with van der Waals surface area (Å²) in [6, 6.07) is 6.49. The standard InChI is InChI=1S/C33H43ClF3N7O4S/c1-21-18-26(40-43(21)15-7-8-22-19-31(5,6)42(20-22)29(46)48-30(2,3)4)49-41-28(45)23-9-10-24(38-27(23)34)44-16-11-25(39-44)47-17-14-32(12-13-32)33(35,36)37/h9-11,16,18,22H,7-8,12-15,17,19-20H2,1-6H3,(H,41,45). The molecule has 1 atom stereocenters. The zero-order chi connectivity index (χ0) is 35.8. The Hall–Kier alpha value is -3.46. The fraction of sp³-hybridized carbons (Fsp3) is 0.606. The van der Waals surface area contributed by atoms with Crippen molar-refractivity contribution in [2.24, 2.45) is 11.3 Å². The van der Waals surface area contributed by atoms with E-state index in [9.17, 15) is 22.8 Å². The van der Waals surface area contributed by atoms with E-state index in [4.69, 9.17) is 21.1 Å². The van der Waals surface area contributed by atoms with Crippen LogP contribution in [0.4, 0.5) is 18.0 Å². The van der Waals surface area contributed by atoms with E-state index in [0.29, 0.717) is 29.9 Å². The maximum absolute atomic E-state index is 13.1. The number of alkyl halides is 3. The van der Waals surface area contributed by atoms with Crippen molar-refractivity contribution >= 4 is 35.5 Å². The molecule has 1 aliphatic heterocycles. The fourth-order valence-electron chi connectivity index (χ4n) is 6.07. The number of halogens is 4. The second-order valence-electron chi connectivity index (χ2n) is 14.5. The van der Waals surface area contributed by atoms with Crippen molar-refractivity contribution in [2.75, 3.05) is 13.2 Å². The highest BCUT2D eigenvalue weighted by atomic mass is 35.5. The molecule has 1 aliphatic carbocycles. The second-order valence-corrected chi connectivity index (χ2v) is 15.7. The number of aromatic nitrogens is 5. The molecule has 0 bridgehead atoms. The number of pyridine rings is 1. The first-order valence-corrected chi connectivity index (χ1v) is 17.5. The van der Waals surface area contributed by atoms with Gasteiger partial charge in [0.05, 0.1) is 17.6 Å². The summed E-state index contributed by atoms with van der Waals surface area (Å²) in [6.07, 6.45) is -0.0929. The number of nitrogens with one attached hydrogen (secondary N) is 1. The van der Waals surface area contributed by atoms with E-state index in [0.717, 1.165) is 36.9 Å². The Morgan fingerprint density at radius 3 is 2.53 bits per heavy atom. The Balaban J connectivity index is 1.08. The van der Waals surface area contributed by atoms with Gasteiger partial charge < -0.3 is 14.4 Å². The van der Waals surface area contributed by atoms with Crippen LogP contribution in [0.5, 0.6) is 5.88 Å². The first kappa shape index (κ1) is 36.8. The molecule has 2 aliphatic rings. The topological polar surface area (TPSA) is 116 Å². The van der Waals surface area contributed by atoms with Gasteiger partial charge in [-0.15, -0.1) is 5.10 Å². The van der Waals surface area contributed by atoms with Gasteiger partial charge in [-0.3, -0.25) is 14.2 Å². The largest absolute Gasteiger partial charge is 0.477 e. The molecule has 2 amide bonds. The third-order valence-electron chi connectivity index (χ3n) is 8.93. The number of rotatable bonds is 12. The molecule has 4 heterocycles. The number of ether oxygens (including phenoxy) is 2. The third kappa shape index (κ3) is 9.02. The lowest BCUT2D eigenvalue weighted by molar-refractivity contribution is -0.190. The maximum atomic E-state index is 13.1. The third-order valence-corrected chi connectivity index (χ3v) is 9.91. The first-order valence-electron chi connectivity index (χ1n) is 16.3. The van der Waals surface area contributed by atoms with Crippen LogP contribution in [0.1, 0.15) is 89.2 Å². The molecule has 2 fully saturated rings. The van der Waals surface area contributed by atoms with Gasteiger partial charge in [-0.05, 0) is 104 Å². The molecule has 0 spiro atoms. The average molecular weight is 726 g/mol. The molecule has 1 saturated heterocycles. The molecule has 5 rings (SSSR count). The fourth-order valence-corrected chi connectivity index (χ4v) is 6.98. The maximum Gasteiger partial charge on any atom is 0.410 e. The highest BCUT2D eigenvalue weighted by Crippen LogP contribution is 2.59. The Labute approximate surface area is 293 Å². The molecule has 1 saturated carbocycles. The number of hydrogen-bond acceptors (Lipinski definition) is 8. The van der Waals surface area contributed by atoms with Gasteiger partial charge in [-0.25, -0.2) is 14.5 Å². The van der Waals surface area contributed by atoms with Crippen molar-refractivity contribution in [3.8, 4) is 11.7 Å². The molecular formula is C33H43ClF3N7O4S. The van der Waals surface area contributed by atoms with Crippen molar-refractivity contribution < 1.29 is 32.2 Å². The Morgan fingerprint density at radius 1 is 1.14 bits per heavy atom. The number of carbonyl (C=O) groups is 2. The summed E-state index contributed by atoms with van der Waals surface area (Å²) in [6.45, 7) is 13.0. The van der Waals surface area contributed by atoms with E-state index >= 15 is 0 Å². The average Bonchev–Trinajstić information content (AvgIpc) is 3.34. The summed E-state index contributed by atoms with van der Waals surface area (Å²) in [7, 11) is 0. The lowest BCUT2D eigenvalue weighted by Crippen LogP contribution is -2.45. The number of carbonyl (C=O) groups excluding carboxylic acids is 2. The van der Waals surface area contributed by atoms with E-state index in [1.165, 1.54) is 16.8 Å². The summed E-state index contributed by atoms with van der Waals surface area (Å²) in [5.74, 6) is 0.386. The van der Waals surface area contributed by atoms with E-state index in [1.54, 1.807) is 12.3 Å². The summed E-state index contributed by atoms with van der Waals surface area (Å²) < 4.78 is 56.5. The minimum Gasteiger partial charge on any atom is -0.477 e. The lowest BCUT2D eigenvalue weighted by atomic mass is 9.93.